The van der Waals surface area contributed by atoms with Crippen molar-refractivity contribution in [3.8, 4) is 11.5 Å². The van der Waals surface area contributed by atoms with Crippen molar-refractivity contribution in [3.05, 3.63) is 23.8 Å². The Labute approximate surface area is 215 Å². The predicted octanol–water partition coefficient (Wildman–Crippen LogP) is 3.32. The van der Waals surface area contributed by atoms with Gasteiger partial charge in [-0.15, -0.1) is 0 Å². The number of hydrogen-bond donors (Lipinski definition) is 2. The number of nitrogens with one attached hydrogen (secondary N) is 2. The van der Waals surface area contributed by atoms with Gasteiger partial charge in [-0.1, -0.05) is 18.9 Å². The number of benzene rings is 1. The molecule has 0 radical (unpaired) electrons. The van der Waals surface area contributed by atoms with E-state index in [1.54, 1.807) is 10.4 Å². The van der Waals surface area contributed by atoms with E-state index in [0.29, 0.717) is 67.5 Å². The Bertz CT molecular complexity index is 1010. The lowest BCUT2D eigenvalue weighted by Gasteiger charge is -2.38. The van der Waals surface area contributed by atoms with Crippen molar-refractivity contribution in [2.45, 2.75) is 70.3 Å². The van der Waals surface area contributed by atoms with E-state index in [9.17, 15) is 13.2 Å². The summed E-state index contributed by atoms with van der Waals surface area (Å²) in [5.41, 5.74) is 0.884. The van der Waals surface area contributed by atoms with Crippen LogP contribution in [0.2, 0.25) is 0 Å². The second kappa shape index (κ2) is 11.3. The number of nitrogens with zero attached hydrogens (tertiary/aromatic N) is 1. The summed E-state index contributed by atoms with van der Waals surface area (Å²) in [4.78, 5) is 13.3. The molecule has 1 unspecified atom stereocenters. The van der Waals surface area contributed by atoms with Crippen LogP contribution in [0, 0.1) is 11.3 Å². The molecule has 2 saturated heterocycles. The molecular weight excluding hydrogens is 478 g/mol. The maximum Gasteiger partial charge on any atom is 0.255 e. The number of carbonyl (C=O) groups is 1. The van der Waals surface area contributed by atoms with Gasteiger partial charge in [-0.3, -0.25) is 4.79 Å². The van der Waals surface area contributed by atoms with Gasteiger partial charge in [0.05, 0.1) is 11.3 Å². The first kappa shape index (κ1) is 25.8. The van der Waals surface area contributed by atoms with E-state index in [-0.39, 0.29) is 17.7 Å². The Morgan fingerprint density at radius 1 is 1.08 bits per heavy atom. The van der Waals surface area contributed by atoms with Gasteiger partial charge in [-0.2, -0.15) is 0 Å². The number of hydrogen-bond acceptors (Lipinski definition) is 6. The molecule has 1 aliphatic carbocycles. The van der Waals surface area contributed by atoms with E-state index in [4.69, 9.17) is 9.47 Å². The summed E-state index contributed by atoms with van der Waals surface area (Å²) in [5, 5.41) is 6.63. The van der Waals surface area contributed by atoms with Crippen molar-refractivity contribution in [1.29, 1.82) is 0 Å². The Hall–Kier alpha value is -1.84. The molecule has 2 N–H and O–H groups in total. The van der Waals surface area contributed by atoms with Gasteiger partial charge in [-0.25, -0.2) is 12.7 Å². The van der Waals surface area contributed by atoms with Gasteiger partial charge in [0, 0.05) is 19.1 Å². The van der Waals surface area contributed by atoms with Crippen molar-refractivity contribution >= 4 is 15.9 Å². The van der Waals surface area contributed by atoms with Crippen molar-refractivity contribution < 1.29 is 22.7 Å². The summed E-state index contributed by atoms with van der Waals surface area (Å²) in [7, 11) is -3.28. The second-order valence-electron chi connectivity index (χ2n) is 11.1. The minimum Gasteiger partial charge on any atom is -0.486 e. The number of rotatable bonds is 8. The number of piperidine rings is 2. The van der Waals surface area contributed by atoms with Gasteiger partial charge in [0.15, 0.2) is 11.5 Å². The summed E-state index contributed by atoms with van der Waals surface area (Å²) in [6, 6.07) is 5.32. The van der Waals surface area contributed by atoms with Gasteiger partial charge < -0.3 is 20.1 Å². The van der Waals surface area contributed by atoms with Crippen LogP contribution in [0.5, 0.6) is 11.5 Å². The number of sulfonamides is 1. The molecule has 1 amide bonds. The minimum atomic E-state index is -3.28. The highest BCUT2D eigenvalue weighted by Gasteiger charge is 2.39. The lowest BCUT2D eigenvalue weighted by molar-refractivity contribution is 0.0900. The quantitative estimate of drug-likeness (QED) is 0.547. The number of carbonyl (C=O) groups excluding carboxylic acids is 1. The normalized spacial score (nSPS) is 23.4. The van der Waals surface area contributed by atoms with E-state index in [2.05, 4.69) is 10.6 Å². The third-order valence-electron chi connectivity index (χ3n) is 8.84. The summed E-state index contributed by atoms with van der Waals surface area (Å²) in [6.45, 7) is 4.06. The number of ether oxygens (including phenoxy) is 2. The molecule has 200 valence electrons. The lowest BCUT2D eigenvalue weighted by atomic mass is 9.78. The highest BCUT2D eigenvalue weighted by molar-refractivity contribution is 7.89. The standard InChI is InChI=1S/C27H41N3O5S/c31-26(22-5-3-7-24-25(22)35-19-18-34-24)29-23(21-8-14-28-15-9-21)6-4-20-36(32,33)30-16-12-27(13-17-30)10-1-2-11-27/h3,5,7,21,23,28H,1-2,4,6,8-20H2,(H,29,31). The van der Waals surface area contributed by atoms with Gasteiger partial charge >= 0.3 is 0 Å². The third-order valence-corrected chi connectivity index (χ3v) is 10.8. The van der Waals surface area contributed by atoms with Gasteiger partial charge in [0.1, 0.15) is 13.2 Å². The van der Waals surface area contributed by atoms with Crippen molar-refractivity contribution in [3.63, 3.8) is 0 Å². The zero-order chi connectivity index (χ0) is 25.0. The van der Waals surface area contributed by atoms with Crippen LogP contribution in [0.1, 0.15) is 74.6 Å². The fourth-order valence-corrected chi connectivity index (χ4v) is 8.18. The Morgan fingerprint density at radius 3 is 2.56 bits per heavy atom. The summed E-state index contributed by atoms with van der Waals surface area (Å²) < 4.78 is 39.4. The van der Waals surface area contributed by atoms with E-state index in [1.165, 1.54) is 25.7 Å². The van der Waals surface area contributed by atoms with Crippen LogP contribution < -0.4 is 20.1 Å². The molecule has 8 nitrogen and oxygen atoms in total. The molecule has 3 heterocycles. The summed E-state index contributed by atoms with van der Waals surface area (Å²) in [5.74, 6) is 1.39. The van der Waals surface area contributed by atoms with Crippen molar-refractivity contribution in [2.75, 3.05) is 45.1 Å². The van der Waals surface area contributed by atoms with Crippen molar-refractivity contribution in [1.82, 2.24) is 14.9 Å². The molecule has 1 aromatic carbocycles. The first-order chi connectivity index (χ1) is 17.5. The molecule has 1 aromatic rings. The lowest BCUT2D eigenvalue weighted by Crippen LogP contribution is -2.45. The number of amides is 1. The SMILES string of the molecule is O=C(NC(CCCS(=O)(=O)N1CCC2(CCCC2)CC1)C1CCNCC1)c1cccc2c1OCCO2. The van der Waals surface area contributed by atoms with Gasteiger partial charge in [-0.05, 0) is 87.9 Å². The third kappa shape index (κ3) is 5.83. The average molecular weight is 520 g/mol. The monoisotopic (exact) mass is 519 g/mol. The van der Waals surface area contributed by atoms with E-state index in [1.807, 2.05) is 12.1 Å². The smallest absolute Gasteiger partial charge is 0.255 e. The summed E-state index contributed by atoms with van der Waals surface area (Å²) >= 11 is 0. The highest BCUT2D eigenvalue weighted by Crippen LogP contribution is 2.46. The van der Waals surface area contributed by atoms with Crippen LogP contribution >= 0.6 is 0 Å². The van der Waals surface area contributed by atoms with E-state index >= 15 is 0 Å². The molecule has 0 aromatic heterocycles. The summed E-state index contributed by atoms with van der Waals surface area (Å²) in [6.07, 6.45) is 10.3. The highest BCUT2D eigenvalue weighted by atomic mass is 32.2. The van der Waals surface area contributed by atoms with Gasteiger partial charge in [0.2, 0.25) is 10.0 Å². The first-order valence-corrected chi connectivity index (χ1v) is 15.4. The fourth-order valence-electron chi connectivity index (χ4n) is 6.65. The van der Waals surface area contributed by atoms with E-state index in [0.717, 1.165) is 38.8 Å². The van der Waals surface area contributed by atoms with Gasteiger partial charge in [0.25, 0.3) is 5.91 Å². The van der Waals surface area contributed by atoms with Crippen LogP contribution in [-0.2, 0) is 10.0 Å². The Morgan fingerprint density at radius 2 is 1.81 bits per heavy atom. The molecule has 4 aliphatic rings. The minimum absolute atomic E-state index is 0.0710. The predicted molar refractivity (Wildman–Crippen MR) is 139 cm³/mol. The average Bonchev–Trinajstić information content (AvgIpc) is 3.36. The van der Waals surface area contributed by atoms with Crippen LogP contribution in [0.4, 0.5) is 0 Å². The molecule has 36 heavy (non-hydrogen) atoms. The van der Waals surface area contributed by atoms with E-state index < -0.39 is 10.0 Å². The maximum absolute atomic E-state index is 13.3. The van der Waals surface area contributed by atoms with Crippen LogP contribution in [0.3, 0.4) is 0 Å². The van der Waals surface area contributed by atoms with Crippen molar-refractivity contribution in [2.24, 2.45) is 11.3 Å². The Balaban J connectivity index is 1.20. The topological polar surface area (TPSA) is 97.0 Å². The first-order valence-electron chi connectivity index (χ1n) is 13.8. The fraction of sp³-hybridized carbons (Fsp3) is 0.741. The largest absolute Gasteiger partial charge is 0.486 e. The molecule has 5 rings (SSSR count). The zero-order valence-corrected chi connectivity index (χ0v) is 22.1. The molecule has 9 heteroatoms. The van der Waals surface area contributed by atoms with Crippen LogP contribution in [0.15, 0.2) is 18.2 Å². The van der Waals surface area contributed by atoms with Crippen LogP contribution in [0.25, 0.3) is 0 Å². The molecule has 3 fully saturated rings. The number of para-hydroxylation sites is 1. The van der Waals surface area contributed by atoms with Crippen LogP contribution in [-0.4, -0.2) is 69.8 Å². The molecule has 1 spiro atoms. The molecule has 0 bridgehead atoms. The Kier molecular flexibility index (Phi) is 8.08. The second-order valence-corrected chi connectivity index (χ2v) is 13.2. The molecular formula is C27H41N3O5S. The number of fused-ring (bicyclic) bond motifs is 1. The molecule has 1 saturated carbocycles. The molecule has 3 aliphatic heterocycles. The maximum atomic E-state index is 13.3. The molecule has 1 atom stereocenters. The zero-order valence-electron chi connectivity index (χ0n) is 21.3.